The summed E-state index contributed by atoms with van der Waals surface area (Å²) >= 11 is 0. The molecule has 1 aliphatic rings. The van der Waals surface area contributed by atoms with Crippen molar-refractivity contribution in [1.29, 1.82) is 0 Å². The van der Waals surface area contributed by atoms with E-state index in [1.165, 1.54) is 19.3 Å². The lowest BCUT2D eigenvalue weighted by molar-refractivity contribution is 0.721. The van der Waals surface area contributed by atoms with Crippen molar-refractivity contribution in [2.45, 2.75) is 25.7 Å². The molecule has 1 heteroatoms. The van der Waals surface area contributed by atoms with Crippen LogP contribution in [0.5, 0.6) is 0 Å². The van der Waals surface area contributed by atoms with Crippen LogP contribution in [-0.2, 0) is 0 Å². The largest absolute Gasteiger partial charge is 0.122 e. The molecular formula is C6H9B. The highest BCUT2D eigenvalue weighted by Crippen LogP contribution is 2.13. The van der Waals surface area contributed by atoms with Gasteiger partial charge in [0.2, 0.25) is 0 Å². The summed E-state index contributed by atoms with van der Waals surface area (Å²) in [6.45, 7) is 0. The topological polar surface area (TPSA) is 0 Å². The molecule has 0 nitrogen and oxygen atoms in total. The second kappa shape index (κ2) is 2.20. The van der Waals surface area contributed by atoms with Crippen LogP contribution in [0.3, 0.4) is 0 Å². The fourth-order valence-corrected chi connectivity index (χ4v) is 0.863. The van der Waals surface area contributed by atoms with Crippen LogP contribution in [0.4, 0.5) is 0 Å². The van der Waals surface area contributed by atoms with Gasteiger partial charge in [0, 0.05) is 0 Å². The van der Waals surface area contributed by atoms with Crippen molar-refractivity contribution in [3.8, 4) is 0 Å². The first-order valence-corrected chi connectivity index (χ1v) is 2.84. The third kappa shape index (κ3) is 1.38. The van der Waals surface area contributed by atoms with Gasteiger partial charge >= 0.3 is 0 Å². The molecule has 0 saturated carbocycles. The highest BCUT2D eigenvalue weighted by molar-refractivity contribution is 6.21. The minimum Gasteiger partial charge on any atom is -0.122 e. The van der Waals surface area contributed by atoms with Gasteiger partial charge in [-0.3, -0.25) is 0 Å². The lowest BCUT2D eigenvalue weighted by Gasteiger charge is -2.06. The summed E-state index contributed by atoms with van der Waals surface area (Å²) in [5.74, 6) is 0. The van der Waals surface area contributed by atoms with Crippen LogP contribution in [0, 0.1) is 0 Å². The van der Waals surface area contributed by atoms with E-state index in [1.807, 2.05) is 0 Å². The molecule has 0 spiro atoms. The summed E-state index contributed by atoms with van der Waals surface area (Å²) in [7, 11) is 5.50. The van der Waals surface area contributed by atoms with Gasteiger partial charge in [0.25, 0.3) is 0 Å². The Morgan fingerprint density at radius 3 is 2.57 bits per heavy atom. The Morgan fingerprint density at radius 1 is 1.43 bits per heavy atom. The molecule has 0 fully saturated rings. The van der Waals surface area contributed by atoms with Crippen molar-refractivity contribution < 1.29 is 0 Å². The molecule has 0 bridgehead atoms. The Bertz CT molecular complexity index is 84.2. The lowest BCUT2D eigenvalue weighted by atomic mass is 9.86. The fourth-order valence-electron chi connectivity index (χ4n) is 0.863. The van der Waals surface area contributed by atoms with Gasteiger partial charge in [-0.2, -0.15) is 0 Å². The first kappa shape index (κ1) is 4.95. The van der Waals surface area contributed by atoms with E-state index in [0.717, 1.165) is 11.9 Å². The molecule has 0 unspecified atom stereocenters. The summed E-state index contributed by atoms with van der Waals surface area (Å²) in [6.07, 6.45) is 7.08. The SMILES string of the molecule is [B]C1=CCCCC1. The van der Waals surface area contributed by atoms with Gasteiger partial charge in [-0.05, 0) is 19.3 Å². The van der Waals surface area contributed by atoms with Crippen LogP contribution in [0.25, 0.3) is 0 Å². The molecule has 0 saturated heterocycles. The second-order valence-corrected chi connectivity index (χ2v) is 2.02. The zero-order valence-corrected chi connectivity index (χ0v) is 4.48. The highest BCUT2D eigenvalue weighted by atomic mass is 14.0. The Morgan fingerprint density at radius 2 is 2.29 bits per heavy atom. The summed E-state index contributed by atoms with van der Waals surface area (Å²) in [4.78, 5) is 0. The fraction of sp³-hybridized carbons (Fsp3) is 0.667. The average molecular weight is 92.0 g/mol. The van der Waals surface area contributed by atoms with Crippen molar-refractivity contribution in [2.24, 2.45) is 0 Å². The molecule has 0 aromatic heterocycles. The van der Waals surface area contributed by atoms with Crippen molar-refractivity contribution >= 4 is 7.85 Å². The van der Waals surface area contributed by atoms with E-state index in [0.29, 0.717) is 0 Å². The molecule has 0 atom stereocenters. The molecule has 2 radical (unpaired) electrons. The molecule has 0 aromatic carbocycles. The van der Waals surface area contributed by atoms with Crippen molar-refractivity contribution in [3.63, 3.8) is 0 Å². The number of hydrogen-bond acceptors (Lipinski definition) is 0. The van der Waals surface area contributed by atoms with E-state index >= 15 is 0 Å². The highest BCUT2D eigenvalue weighted by Gasteiger charge is 1.94. The van der Waals surface area contributed by atoms with E-state index in [-0.39, 0.29) is 0 Å². The van der Waals surface area contributed by atoms with Gasteiger partial charge < -0.3 is 0 Å². The molecule has 0 N–H and O–H groups in total. The third-order valence-electron chi connectivity index (χ3n) is 1.33. The molecule has 0 amide bonds. The standard InChI is InChI=1S/C6H9B/c7-6-4-2-1-3-5-6/h4H,1-3,5H2. The van der Waals surface area contributed by atoms with E-state index in [1.54, 1.807) is 0 Å². The summed E-state index contributed by atoms with van der Waals surface area (Å²) in [6, 6.07) is 0. The van der Waals surface area contributed by atoms with Crippen LogP contribution in [0.15, 0.2) is 11.5 Å². The zero-order valence-electron chi connectivity index (χ0n) is 4.48. The van der Waals surface area contributed by atoms with E-state index < -0.39 is 0 Å². The van der Waals surface area contributed by atoms with Crippen LogP contribution in [0.2, 0.25) is 0 Å². The molecule has 0 aliphatic heterocycles. The number of hydrogen-bond donors (Lipinski definition) is 0. The lowest BCUT2D eigenvalue weighted by Crippen LogP contribution is -1.89. The third-order valence-corrected chi connectivity index (χ3v) is 1.33. The molecule has 1 rings (SSSR count). The predicted molar refractivity (Wildman–Crippen MR) is 32.3 cm³/mol. The molecule has 36 valence electrons. The van der Waals surface area contributed by atoms with E-state index in [2.05, 4.69) is 6.08 Å². The molecular weight excluding hydrogens is 82.9 g/mol. The Hall–Kier alpha value is -0.195. The Labute approximate surface area is 46.0 Å². The molecule has 0 heterocycles. The van der Waals surface area contributed by atoms with E-state index in [9.17, 15) is 0 Å². The molecule has 1 aliphatic carbocycles. The Kier molecular flexibility index (Phi) is 1.56. The maximum absolute atomic E-state index is 5.50. The van der Waals surface area contributed by atoms with Gasteiger partial charge in [0.15, 0.2) is 0 Å². The Balaban J connectivity index is 2.40. The van der Waals surface area contributed by atoms with Crippen molar-refractivity contribution in [3.05, 3.63) is 11.5 Å². The van der Waals surface area contributed by atoms with Crippen LogP contribution < -0.4 is 0 Å². The normalized spacial score (nSPS) is 21.4. The molecule has 7 heavy (non-hydrogen) atoms. The monoisotopic (exact) mass is 92.1 g/mol. The minimum atomic E-state index is 1.09. The van der Waals surface area contributed by atoms with Gasteiger partial charge in [-0.1, -0.05) is 12.5 Å². The quantitative estimate of drug-likeness (QED) is 0.398. The maximum atomic E-state index is 5.50. The summed E-state index contributed by atoms with van der Waals surface area (Å²) in [5, 5.41) is 0. The van der Waals surface area contributed by atoms with Crippen LogP contribution in [0.1, 0.15) is 25.7 Å². The number of allylic oxidation sites excluding steroid dienone is 2. The summed E-state index contributed by atoms with van der Waals surface area (Å²) in [5.41, 5.74) is 1.09. The van der Waals surface area contributed by atoms with Crippen LogP contribution >= 0.6 is 0 Å². The second-order valence-electron chi connectivity index (χ2n) is 2.02. The first-order valence-electron chi connectivity index (χ1n) is 2.84. The van der Waals surface area contributed by atoms with Crippen LogP contribution in [-0.4, -0.2) is 7.85 Å². The van der Waals surface area contributed by atoms with Gasteiger partial charge in [0.05, 0.1) is 0 Å². The van der Waals surface area contributed by atoms with Gasteiger partial charge in [-0.25, -0.2) is 0 Å². The minimum absolute atomic E-state index is 1.09. The molecule has 0 aromatic rings. The van der Waals surface area contributed by atoms with Gasteiger partial charge in [0.1, 0.15) is 7.85 Å². The van der Waals surface area contributed by atoms with Gasteiger partial charge in [-0.15, -0.1) is 5.47 Å². The van der Waals surface area contributed by atoms with Crippen molar-refractivity contribution in [2.75, 3.05) is 0 Å². The zero-order chi connectivity index (χ0) is 5.11. The number of rotatable bonds is 0. The van der Waals surface area contributed by atoms with Crippen molar-refractivity contribution in [1.82, 2.24) is 0 Å². The average Bonchev–Trinajstić information content (AvgIpc) is 1.69. The predicted octanol–water partition coefficient (Wildman–Crippen LogP) is 1.61. The van der Waals surface area contributed by atoms with E-state index in [4.69, 9.17) is 7.85 Å². The maximum Gasteiger partial charge on any atom is 0.107 e. The smallest absolute Gasteiger partial charge is 0.107 e. The first-order chi connectivity index (χ1) is 3.39. The summed E-state index contributed by atoms with van der Waals surface area (Å²) < 4.78 is 0.